The van der Waals surface area contributed by atoms with Gasteiger partial charge in [-0.15, -0.1) is 0 Å². The van der Waals surface area contributed by atoms with Gasteiger partial charge in [0.05, 0.1) is 0 Å². The molecule has 2 rings (SSSR count). The molecule has 0 spiro atoms. The number of carbonyl (C=O) groups excluding carboxylic acids is 2. The largest absolute Gasteiger partial charge is 0.385 e. The Kier molecular flexibility index (Phi) is 6.40. The lowest BCUT2D eigenvalue weighted by Crippen LogP contribution is -2.32. The van der Waals surface area contributed by atoms with Crippen LogP contribution in [0.5, 0.6) is 0 Å². The zero-order chi connectivity index (χ0) is 15.8. The molecule has 5 nitrogen and oxygen atoms in total. The van der Waals surface area contributed by atoms with E-state index in [1.807, 2.05) is 0 Å². The Morgan fingerprint density at radius 3 is 2.50 bits per heavy atom. The number of methoxy groups -OCH3 is 1. The molecule has 1 aliphatic rings. The summed E-state index contributed by atoms with van der Waals surface area (Å²) in [4.78, 5) is 23.8. The molecule has 1 aliphatic carbocycles. The maximum atomic E-state index is 12.1. The Morgan fingerprint density at radius 2 is 1.86 bits per heavy atom. The number of hydrogen-bond acceptors (Lipinski definition) is 3. The average Bonchev–Trinajstić information content (AvgIpc) is 3.01. The predicted molar refractivity (Wildman–Crippen MR) is 85.9 cm³/mol. The van der Waals surface area contributed by atoms with Crippen LogP contribution in [-0.2, 0) is 9.53 Å². The third-order valence-corrected chi connectivity index (χ3v) is 3.87. The van der Waals surface area contributed by atoms with E-state index in [4.69, 9.17) is 4.74 Å². The molecule has 120 valence electrons. The molecule has 1 fully saturated rings. The lowest BCUT2D eigenvalue weighted by Gasteiger charge is -2.12. The van der Waals surface area contributed by atoms with Crippen LogP contribution in [0.25, 0.3) is 0 Å². The first-order valence-electron chi connectivity index (χ1n) is 7.89. The van der Waals surface area contributed by atoms with Crippen molar-refractivity contribution in [1.82, 2.24) is 5.32 Å². The summed E-state index contributed by atoms with van der Waals surface area (Å²) >= 11 is 0. The average molecular weight is 304 g/mol. The number of amides is 2. The van der Waals surface area contributed by atoms with E-state index in [-0.39, 0.29) is 11.8 Å². The molecule has 0 unspecified atom stereocenters. The van der Waals surface area contributed by atoms with E-state index in [1.165, 1.54) is 12.8 Å². The van der Waals surface area contributed by atoms with Crippen molar-refractivity contribution in [2.45, 2.75) is 44.6 Å². The molecular formula is C17H24N2O3. The number of benzene rings is 1. The standard InChI is InChI=1S/C17H24N2O3/c1-22-12-4-7-16(20)18-15-10-8-13(9-11-15)17(21)19-14-5-2-3-6-14/h8-11,14H,2-7,12H2,1H3,(H,18,20)(H,19,21). The Balaban J connectivity index is 1.81. The molecule has 0 saturated heterocycles. The molecule has 5 heteroatoms. The second kappa shape index (κ2) is 8.54. The number of ether oxygens (including phenoxy) is 1. The van der Waals surface area contributed by atoms with Crippen LogP contribution < -0.4 is 10.6 Å². The molecule has 2 amide bonds. The van der Waals surface area contributed by atoms with Crippen molar-refractivity contribution in [3.8, 4) is 0 Å². The van der Waals surface area contributed by atoms with E-state index in [2.05, 4.69) is 10.6 Å². The monoisotopic (exact) mass is 304 g/mol. The molecule has 0 radical (unpaired) electrons. The van der Waals surface area contributed by atoms with Crippen molar-refractivity contribution in [2.24, 2.45) is 0 Å². The summed E-state index contributed by atoms with van der Waals surface area (Å²) in [5.74, 6) is -0.0786. The highest BCUT2D eigenvalue weighted by atomic mass is 16.5. The fraction of sp³-hybridized carbons (Fsp3) is 0.529. The minimum absolute atomic E-state index is 0.0372. The third-order valence-electron chi connectivity index (χ3n) is 3.87. The Hall–Kier alpha value is -1.88. The SMILES string of the molecule is COCCCC(=O)Nc1ccc(C(=O)NC2CCCC2)cc1. The molecule has 22 heavy (non-hydrogen) atoms. The van der Waals surface area contributed by atoms with Gasteiger partial charge < -0.3 is 15.4 Å². The number of anilines is 1. The minimum atomic E-state index is -0.0415. The molecule has 0 aromatic heterocycles. The summed E-state index contributed by atoms with van der Waals surface area (Å²) in [5, 5.41) is 5.86. The van der Waals surface area contributed by atoms with Crippen molar-refractivity contribution in [3.05, 3.63) is 29.8 Å². The van der Waals surface area contributed by atoms with Crippen LogP contribution in [0.15, 0.2) is 24.3 Å². The lowest BCUT2D eigenvalue weighted by atomic mass is 10.1. The normalized spacial score (nSPS) is 14.8. The Morgan fingerprint density at radius 1 is 1.18 bits per heavy atom. The van der Waals surface area contributed by atoms with Crippen molar-refractivity contribution in [1.29, 1.82) is 0 Å². The maximum absolute atomic E-state index is 12.1. The van der Waals surface area contributed by atoms with Crippen LogP contribution in [0, 0.1) is 0 Å². The van der Waals surface area contributed by atoms with Crippen molar-refractivity contribution >= 4 is 17.5 Å². The molecule has 2 N–H and O–H groups in total. The van der Waals surface area contributed by atoms with Gasteiger partial charge in [-0.1, -0.05) is 12.8 Å². The van der Waals surface area contributed by atoms with Gasteiger partial charge in [0.25, 0.3) is 5.91 Å². The van der Waals surface area contributed by atoms with E-state index < -0.39 is 0 Å². The molecule has 0 heterocycles. The molecule has 1 aromatic rings. The summed E-state index contributed by atoms with van der Waals surface area (Å²) in [7, 11) is 1.62. The summed E-state index contributed by atoms with van der Waals surface area (Å²) in [5.41, 5.74) is 1.34. The summed E-state index contributed by atoms with van der Waals surface area (Å²) < 4.78 is 4.91. The Labute approximate surface area is 131 Å². The minimum Gasteiger partial charge on any atom is -0.385 e. The fourth-order valence-corrected chi connectivity index (χ4v) is 2.64. The van der Waals surface area contributed by atoms with E-state index in [1.54, 1.807) is 31.4 Å². The highest BCUT2D eigenvalue weighted by Gasteiger charge is 2.17. The van der Waals surface area contributed by atoms with E-state index >= 15 is 0 Å². The van der Waals surface area contributed by atoms with Crippen LogP contribution in [0.4, 0.5) is 5.69 Å². The van der Waals surface area contributed by atoms with Crippen LogP contribution in [-0.4, -0.2) is 31.6 Å². The first kappa shape index (κ1) is 16.5. The van der Waals surface area contributed by atoms with Crippen LogP contribution >= 0.6 is 0 Å². The quantitative estimate of drug-likeness (QED) is 0.761. The first-order valence-corrected chi connectivity index (χ1v) is 7.89. The summed E-state index contributed by atoms with van der Waals surface area (Å²) in [6, 6.07) is 7.33. The summed E-state index contributed by atoms with van der Waals surface area (Å²) in [6.45, 7) is 0.577. The molecule has 1 saturated carbocycles. The number of rotatable bonds is 7. The zero-order valence-electron chi connectivity index (χ0n) is 13.1. The van der Waals surface area contributed by atoms with Crippen molar-refractivity contribution in [2.75, 3.05) is 19.0 Å². The molecule has 0 aliphatic heterocycles. The van der Waals surface area contributed by atoms with Gasteiger partial charge in [-0.25, -0.2) is 0 Å². The van der Waals surface area contributed by atoms with Gasteiger partial charge in [0, 0.05) is 37.4 Å². The highest BCUT2D eigenvalue weighted by Crippen LogP contribution is 2.18. The van der Waals surface area contributed by atoms with Crippen molar-refractivity contribution < 1.29 is 14.3 Å². The molecule has 0 bridgehead atoms. The zero-order valence-corrected chi connectivity index (χ0v) is 13.1. The smallest absolute Gasteiger partial charge is 0.251 e. The van der Waals surface area contributed by atoms with Gasteiger partial charge in [0.15, 0.2) is 0 Å². The van der Waals surface area contributed by atoms with E-state index in [0.29, 0.717) is 36.7 Å². The third kappa shape index (κ3) is 5.15. The molecular weight excluding hydrogens is 280 g/mol. The molecule has 1 aromatic carbocycles. The topological polar surface area (TPSA) is 67.4 Å². The maximum Gasteiger partial charge on any atom is 0.251 e. The van der Waals surface area contributed by atoms with Gasteiger partial charge in [-0.3, -0.25) is 9.59 Å². The van der Waals surface area contributed by atoms with Crippen LogP contribution in [0.3, 0.4) is 0 Å². The lowest BCUT2D eigenvalue weighted by molar-refractivity contribution is -0.116. The second-order valence-electron chi connectivity index (χ2n) is 5.68. The second-order valence-corrected chi connectivity index (χ2v) is 5.68. The number of nitrogens with one attached hydrogen (secondary N) is 2. The van der Waals surface area contributed by atoms with Gasteiger partial charge in [0.1, 0.15) is 0 Å². The Bertz CT molecular complexity index is 493. The fourth-order valence-electron chi connectivity index (χ4n) is 2.64. The van der Waals surface area contributed by atoms with Gasteiger partial charge >= 0.3 is 0 Å². The number of hydrogen-bond donors (Lipinski definition) is 2. The van der Waals surface area contributed by atoms with E-state index in [0.717, 1.165) is 12.8 Å². The van der Waals surface area contributed by atoms with Crippen LogP contribution in [0.2, 0.25) is 0 Å². The molecule has 0 atom stereocenters. The first-order chi connectivity index (χ1) is 10.7. The number of carbonyl (C=O) groups is 2. The predicted octanol–water partition coefficient (Wildman–Crippen LogP) is 2.72. The highest BCUT2D eigenvalue weighted by molar-refractivity contribution is 5.96. The van der Waals surface area contributed by atoms with Gasteiger partial charge in [-0.05, 0) is 43.5 Å². The van der Waals surface area contributed by atoms with E-state index in [9.17, 15) is 9.59 Å². The summed E-state index contributed by atoms with van der Waals surface area (Å²) in [6.07, 6.45) is 5.66. The van der Waals surface area contributed by atoms with Gasteiger partial charge in [0.2, 0.25) is 5.91 Å². The van der Waals surface area contributed by atoms with Crippen LogP contribution in [0.1, 0.15) is 48.9 Å². The van der Waals surface area contributed by atoms with Crippen molar-refractivity contribution in [3.63, 3.8) is 0 Å². The van der Waals surface area contributed by atoms with Gasteiger partial charge in [-0.2, -0.15) is 0 Å².